The van der Waals surface area contributed by atoms with Gasteiger partial charge in [-0.15, -0.1) is 0 Å². The average Bonchev–Trinajstić information content (AvgIpc) is 2.19. The topological polar surface area (TPSA) is 20.3 Å². The van der Waals surface area contributed by atoms with E-state index in [0.717, 1.165) is 17.7 Å². The Morgan fingerprint density at radius 1 is 1.21 bits per heavy atom. The van der Waals surface area contributed by atoms with E-state index in [0.29, 0.717) is 6.54 Å². The van der Waals surface area contributed by atoms with Crippen LogP contribution in [0.3, 0.4) is 0 Å². The maximum absolute atomic E-state index is 11.7. The number of ketones is 1. The molecule has 14 heavy (non-hydrogen) atoms. The average molecular weight is 187 g/mol. The first-order valence-electron chi connectivity index (χ1n) is 4.74. The summed E-state index contributed by atoms with van der Waals surface area (Å²) in [5.41, 5.74) is 1.90. The van der Waals surface area contributed by atoms with Gasteiger partial charge in [0.15, 0.2) is 5.78 Å². The summed E-state index contributed by atoms with van der Waals surface area (Å²) in [6.07, 6.45) is 2.00. The molecule has 0 aromatic heterocycles. The smallest absolute Gasteiger partial charge is 0.177 e. The molecule has 0 radical (unpaired) electrons. The Balaban J connectivity index is 2.32. The summed E-state index contributed by atoms with van der Waals surface area (Å²) in [5, 5.41) is 0. The van der Waals surface area contributed by atoms with E-state index in [9.17, 15) is 4.79 Å². The van der Waals surface area contributed by atoms with Crippen molar-refractivity contribution in [3.05, 3.63) is 42.0 Å². The molecule has 1 heterocycles. The van der Waals surface area contributed by atoms with Crippen LogP contribution in [0.1, 0.15) is 5.56 Å². The van der Waals surface area contributed by atoms with Gasteiger partial charge in [0.25, 0.3) is 0 Å². The van der Waals surface area contributed by atoms with Crippen LogP contribution in [0.15, 0.2) is 36.4 Å². The summed E-state index contributed by atoms with van der Waals surface area (Å²) >= 11 is 0. The predicted molar refractivity (Wildman–Crippen MR) is 56.9 cm³/mol. The van der Waals surface area contributed by atoms with Crippen molar-refractivity contribution in [3.8, 4) is 0 Å². The maximum Gasteiger partial charge on any atom is 0.177 e. The molecule has 2 heteroatoms. The van der Waals surface area contributed by atoms with Gasteiger partial charge in [0.05, 0.1) is 6.54 Å². The molecule has 72 valence electrons. The van der Waals surface area contributed by atoms with E-state index in [1.807, 2.05) is 48.4 Å². The fraction of sp³-hybridized carbons (Fsp3) is 0.250. The summed E-state index contributed by atoms with van der Waals surface area (Å²) < 4.78 is 0. The van der Waals surface area contributed by atoms with Crippen LogP contribution in [0.4, 0.5) is 0 Å². The molecular formula is C12H13NO. The standard InChI is InChI=1S/C12H13NO/c1-13-8-7-11(12(14)9-13)10-5-3-2-4-6-10/h2-7H,8-9H2,1H3. The highest BCUT2D eigenvalue weighted by Crippen LogP contribution is 2.18. The largest absolute Gasteiger partial charge is 0.295 e. The van der Waals surface area contributed by atoms with Crippen LogP contribution in [0.5, 0.6) is 0 Å². The van der Waals surface area contributed by atoms with Gasteiger partial charge >= 0.3 is 0 Å². The highest BCUT2D eigenvalue weighted by Gasteiger charge is 2.17. The van der Waals surface area contributed by atoms with Crippen LogP contribution in [-0.4, -0.2) is 30.8 Å². The Morgan fingerprint density at radius 2 is 1.93 bits per heavy atom. The van der Waals surface area contributed by atoms with E-state index < -0.39 is 0 Å². The highest BCUT2D eigenvalue weighted by atomic mass is 16.1. The van der Waals surface area contributed by atoms with Gasteiger partial charge in [-0.25, -0.2) is 0 Å². The molecule has 0 spiro atoms. The second-order valence-electron chi connectivity index (χ2n) is 3.60. The first kappa shape index (κ1) is 9.16. The normalized spacial score (nSPS) is 18.1. The van der Waals surface area contributed by atoms with Crippen molar-refractivity contribution < 1.29 is 4.79 Å². The molecule has 0 bridgehead atoms. The van der Waals surface area contributed by atoms with Gasteiger partial charge in [-0.1, -0.05) is 36.4 Å². The molecule has 1 aromatic carbocycles. The lowest BCUT2D eigenvalue weighted by atomic mass is 9.99. The Morgan fingerprint density at radius 3 is 2.57 bits per heavy atom. The minimum Gasteiger partial charge on any atom is -0.295 e. The second kappa shape index (κ2) is 3.76. The Bertz CT molecular complexity index is 367. The number of Topliss-reactive ketones (excluding diaryl/α,β-unsaturated/α-hetero) is 1. The molecule has 1 aromatic rings. The fourth-order valence-electron chi connectivity index (χ4n) is 1.65. The lowest BCUT2D eigenvalue weighted by Gasteiger charge is -2.20. The van der Waals surface area contributed by atoms with Gasteiger partial charge in [0.1, 0.15) is 0 Å². The van der Waals surface area contributed by atoms with Gasteiger partial charge in [-0.3, -0.25) is 9.69 Å². The summed E-state index contributed by atoms with van der Waals surface area (Å²) in [7, 11) is 1.95. The summed E-state index contributed by atoms with van der Waals surface area (Å²) in [4.78, 5) is 13.7. The lowest BCUT2D eigenvalue weighted by molar-refractivity contribution is -0.114. The van der Waals surface area contributed by atoms with Gasteiger partial charge in [0.2, 0.25) is 0 Å². The predicted octanol–water partition coefficient (Wildman–Crippen LogP) is 1.58. The first-order valence-corrected chi connectivity index (χ1v) is 4.74. The summed E-state index contributed by atoms with van der Waals surface area (Å²) in [5.74, 6) is 0.213. The first-order chi connectivity index (χ1) is 6.77. The Hall–Kier alpha value is -1.41. The summed E-state index contributed by atoms with van der Waals surface area (Å²) in [6.45, 7) is 1.39. The van der Waals surface area contributed by atoms with Crippen LogP contribution in [0.25, 0.3) is 5.57 Å². The zero-order valence-corrected chi connectivity index (χ0v) is 8.23. The van der Waals surface area contributed by atoms with Crippen molar-refractivity contribution >= 4 is 11.4 Å². The fourth-order valence-corrected chi connectivity index (χ4v) is 1.65. The van der Waals surface area contributed by atoms with E-state index >= 15 is 0 Å². The van der Waals surface area contributed by atoms with Crippen LogP contribution >= 0.6 is 0 Å². The molecule has 0 atom stereocenters. The van der Waals surface area contributed by atoms with Crippen molar-refractivity contribution in [1.29, 1.82) is 0 Å². The molecule has 0 aliphatic carbocycles. The molecular weight excluding hydrogens is 174 g/mol. The van der Waals surface area contributed by atoms with Crippen molar-refractivity contribution in [2.45, 2.75) is 0 Å². The molecule has 0 saturated heterocycles. The summed E-state index contributed by atoms with van der Waals surface area (Å²) in [6, 6.07) is 9.84. The minimum atomic E-state index is 0.213. The molecule has 0 N–H and O–H groups in total. The van der Waals surface area contributed by atoms with Crippen LogP contribution in [-0.2, 0) is 4.79 Å². The van der Waals surface area contributed by atoms with Gasteiger partial charge in [-0.2, -0.15) is 0 Å². The lowest BCUT2D eigenvalue weighted by Crippen LogP contribution is -2.31. The molecule has 0 amide bonds. The molecule has 1 aliphatic rings. The van der Waals surface area contributed by atoms with Gasteiger partial charge in [-0.05, 0) is 12.6 Å². The molecule has 0 saturated carbocycles. The number of hydrogen-bond acceptors (Lipinski definition) is 2. The van der Waals surface area contributed by atoms with Crippen molar-refractivity contribution in [2.24, 2.45) is 0 Å². The van der Waals surface area contributed by atoms with E-state index in [4.69, 9.17) is 0 Å². The highest BCUT2D eigenvalue weighted by molar-refractivity contribution is 6.22. The van der Waals surface area contributed by atoms with Crippen LogP contribution in [0.2, 0.25) is 0 Å². The van der Waals surface area contributed by atoms with Crippen LogP contribution < -0.4 is 0 Å². The van der Waals surface area contributed by atoms with E-state index in [1.54, 1.807) is 0 Å². The van der Waals surface area contributed by atoms with Crippen molar-refractivity contribution in [3.63, 3.8) is 0 Å². The zero-order valence-electron chi connectivity index (χ0n) is 8.23. The van der Waals surface area contributed by atoms with Gasteiger partial charge in [0, 0.05) is 12.1 Å². The number of likely N-dealkylation sites (N-methyl/N-ethyl adjacent to an activating group) is 1. The van der Waals surface area contributed by atoms with Crippen LogP contribution in [0, 0.1) is 0 Å². The maximum atomic E-state index is 11.7. The third-order valence-corrected chi connectivity index (χ3v) is 2.41. The van der Waals surface area contributed by atoms with Crippen molar-refractivity contribution in [1.82, 2.24) is 4.90 Å². The number of benzene rings is 1. The Kier molecular flexibility index (Phi) is 2.46. The number of carbonyl (C=O) groups is 1. The number of nitrogens with zero attached hydrogens (tertiary/aromatic N) is 1. The van der Waals surface area contributed by atoms with E-state index in [1.165, 1.54) is 0 Å². The number of carbonyl (C=O) groups excluding carboxylic acids is 1. The molecule has 1 aliphatic heterocycles. The third-order valence-electron chi connectivity index (χ3n) is 2.41. The molecule has 0 fully saturated rings. The minimum absolute atomic E-state index is 0.213. The SMILES string of the molecule is CN1CC=C(c2ccccc2)C(=O)C1. The second-order valence-corrected chi connectivity index (χ2v) is 3.60. The zero-order chi connectivity index (χ0) is 9.97. The quantitative estimate of drug-likeness (QED) is 0.665. The molecule has 2 rings (SSSR count). The van der Waals surface area contributed by atoms with Crippen molar-refractivity contribution in [2.75, 3.05) is 20.1 Å². The third kappa shape index (κ3) is 1.75. The van der Waals surface area contributed by atoms with Gasteiger partial charge < -0.3 is 0 Å². The van der Waals surface area contributed by atoms with E-state index in [-0.39, 0.29) is 5.78 Å². The molecule has 2 nitrogen and oxygen atoms in total. The Labute approximate surface area is 83.8 Å². The van der Waals surface area contributed by atoms with E-state index in [2.05, 4.69) is 0 Å². The monoisotopic (exact) mass is 187 g/mol. The molecule has 0 unspecified atom stereocenters. The number of rotatable bonds is 1. The number of hydrogen-bond donors (Lipinski definition) is 0.